The summed E-state index contributed by atoms with van der Waals surface area (Å²) in [6.45, 7) is 3.44. The lowest BCUT2D eigenvalue weighted by Crippen LogP contribution is -2.35. The fraction of sp³-hybridized carbons (Fsp3) is 0.455. The summed E-state index contributed by atoms with van der Waals surface area (Å²) in [5, 5.41) is 10.7. The van der Waals surface area contributed by atoms with Crippen LogP contribution in [-0.2, 0) is 14.8 Å². The van der Waals surface area contributed by atoms with Gasteiger partial charge in [-0.3, -0.25) is 10.1 Å². The van der Waals surface area contributed by atoms with Crippen LogP contribution in [-0.4, -0.2) is 33.1 Å². The van der Waals surface area contributed by atoms with E-state index in [4.69, 9.17) is 4.74 Å². The van der Waals surface area contributed by atoms with Gasteiger partial charge in [0, 0.05) is 25.3 Å². The largest absolute Gasteiger partial charge is 0.383 e. The Bertz CT molecular complexity index is 570. The summed E-state index contributed by atoms with van der Waals surface area (Å²) in [6, 6.07) is 3.31. The van der Waals surface area contributed by atoms with E-state index in [-0.39, 0.29) is 17.2 Å². The molecule has 1 N–H and O–H groups in total. The fourth-order valence-electron chi connectivity index (χ4n) is 1.60. The van der Waals surface area contributed by atoms with Crippen LogP contribution in [0.3, 0.4) is 0 Å². The highest BCUT2D eigenvalue weighted by Gasteiger charge is 2.22. The monoisotopic (exact) mass is 288 g/mol. The van der Waals surface area contributed by atoms with E-state index in [0.29, 0.717) is 5.56 Å². The average Bonchev–Trinajstić information content (AvgIpc) is 2.28. The van der Waals surface area contributed by atoms with E-state index >= 15 is 0 Å². The summed E-state index contributed by atoms with van der Waals surface area (Å²) in [5.41, 5.74) is 0.188. The first kappa shape index (κ1) is 15.5. The minimum absolute atomic E-state index is 0.0929. The molecule has 19 heavy (non-hydrogen) atoms. The van der Waals surface area contributed by atoms with Crippen molar-refractivity contribution in [1.82, 2.24) is 4.72 Å². The molecular weight excluding hydrogens is 272 g/mol. The van der Waals surface area contributed by atoms with Gasteiger partial charge in [0.05, 0.1) is 16.4 Å². The molecule has 1 aromatic carbocycles. The van der Waals surface area contributed by atoms with Crippen molar-refractivity contribution in [2.24, 2.45) is 0 Å². The average molecular weight is 288 g/mol. The van der Waals surface area contributed by atoms with Gasteiger partial charge in [0.25, 0.3) is 5.69 Å². The third-order valence-electron chi connectivity index (χ3n) is 2.45. The third-order valence-corrected chi connectivity index (χ3v) is 4.18. The van der Waals surface area contributed by atoms with Gasteiger partial charge in [0.2, 0.25) is 10.0 Å². The molecular formula is C11H16N2O5S. The zero-order valence-electron chi connectivity index (χ0n) is 10.9. The van der Waals surface area contributed by atoms with Crippen LogP contribution in [0.1, 0.15) is 12.5 Å². The first-order valence-electron chi connectivity index (χ1n) is 5.54. The summed E-state index contributed by atoms with van der Waals surface area (Å²) in [7, 11) is -2.34. The van der Waals surface area contributed by atoms with Gasteiger partial charge in [0.15, 0.2) is 0 Å². The summed E-state index contributed by atoms with van der Waals surface area (Å²) >= 11 is 0. The highest BCUT2D eigenvalue weighted by Crippen LogP contribution is 2.21. The van der Waals surface area contributed by atoms with Gasteiger partial charge in [0.1, 0.15) is 0 Å². The lowest BCUT2D eigenvalue weighted by Gasteiger charge is -2.14. The van der Waals surface area contributed by atoms with Crippen LogP contribution in [0.5, 0.6) is 0 Å². The van der Waals surface area contributed by atoms with Crippen LogP contribution < -0.4 is 4.72 Å². The molecule has 0 aliphatic rings. The lowest BCUT2D eigenvalue weighted by atomic mass is 10.2. The molecule has 0 heterocycles. The molecule has 1 atom stereocenters. The molecule has 8 heteroatoms. The number of nitro groups is 1. The van der Waals surface area contributed by atoms with E-state index in [1.165, 1.54) is 19.2 Å². The molecule has 0 saturated heterocycles. The quantitative estimate of drug-likeness (QED) is 0.626. The number of methoxy groups -OCH3 is 1. The van der Waals surface area contributed by atoms with Crippen molar-refractivity contribution in [3.8, 4) is 0 Å². The van der Waals surface area contributed by atoms with E-state index in [2.05, 4.69) is 4.72 Å². The Morgan fingerprint density at radius 3 is 2.63 bits per heavy atom. The zero-order valence-corrected chi connectivity index (χ0v) is 11.7. The Kier molecular flexibility index (Phi) is 4.98. The SMILES string of the molecule is COC[C@@H](C)NS(=O)(=O)c1cc([N+](=O)[O-])ccc1C. The first-order valence-corrected chi connectivity index (χ1v) is 7.02. The standard InChI is InChI=1S/C11H16N2O5S/c1-8-4-5-10(13(14)15)6-11(8)19(16,17)12-9(2)7-18-3/h4-6,9,12H,7H2,1-3H3/t9-/m1/s1. The van der Waals surface area contributed by atoms with Crippen LogP contribution in [0.2, 0.25) is 0 Å². The van der Waals surface area contributed by atoms with E-state index in [9.17, 15) is 18.5 Å². The molecule has 1 aromatic rings. The summed E-state index contributed by atoms with van der Waals surface area (Å²) in [5.74, 6) is 0. The van der Waals surface area contributed by atoms with Crippen LogP contribution in [0.15, 0.2) is 23.1 Å². The van der Waals surface area contributed by atoms with Crippen molar-refractivity contribution in [2.75, 3.05) is 13.7 Å². The van der Waals surface area contributed by atoms with Gasteiger partial charge in [-0.2, -0.15) is 0 Å². The number of sulfonamides is 1. The second-order valence-corrected chi connectivity index (χ2v) is 5.87. The number of non-ortho nitro benzene ring substituents is 1. The Morgan fingerprint density at radius 2 is 2.11 bits per heavy atom. The molecule has 0 fully saturated rings. The van der Waals surface area contributed by atoms with Gasteiger partial charge >= 0.3 is 0 Å². The molecule has 0 amide bonds. The highest BCUT2D eigenvalue weighted by molar-refractivity contribution is 7.89. The predicted molar refractivity (Wildman–Crippen MR) is 69.5 cm³/mol. The number of rotatable bonds is 6. The van der Waals surface area contributed by atoms with Gasteiger partial charge in [-0.15, -0.1) is 0 Å². The number of hydrogen-bond acceptors (Lipinski definition) is 5. The molecule has 7 nitrogen and oxygen atoms in total. The maximum atomic E-state index is 12.1. The van der Waals surface area contributed by atoms with E-state index in [1.807, 2.05) is 0 Å². The number of ether oxygens (including phenoxy) is 1. The van der Waals surface area contributed by atoms with Crippen molar-refractivity contribution in [2.45, 2.75) is 24.8 Å². The third kappa shape index (κ3) is 3.98. The van der Waals surface area contributed by atoms with Crippen LogP contribution >= 0.6 is 0 Å². The summed E-state index contributed by atoms with van der Waals surface area (Å²) < 4.78 is 31.5. The fourth-order valence-corrected chi connectivity index (χ4v) is 3.10. The Hall–Kier alpha value is -1.51. The maximum absolute atomic E-state index is 12.1. The molecule has 0 saturated carbocycles. The Morgan fingerprint density at radius 1 is 1.47 bits per heavy atom. The van der Waals surface area contributed by atoms with Crippen molar-refractivity contribution < 1.29 is 18.1 Å². The molecule has 0 spiro atoms. The number of benzene rings is 1. The second kappa shape index (κ2) is 6.09. The van der Waals surface area contributed by atoms with Crippen LogP contribution in [0.25, 0.3) is 0 Å². The maximum Gasteiger partial charge on any atom is 0.270 e. The van der Waals surface area contributed by atoms with Gasteiger partial charge in [-0.05, 0) is 19.4 Å². The Labute approximate surface area is 111 Å². The van der Waals surface area contributed by atoms with Crippen molar-refractivity contribution >= 4 is 15.7 Å². The zero-order chi connectivity index (χ0) is 14.6. The number of nitro benzene ring substituents is 1. The van der Waals surface area contributed by atoms with Crippen molar-refractivity contribution in [3.05, 3.63) is 33.9 Å². The highest BCUT2D eigenvalue weighted by atomic mass is 32.2. The van der Waals surface area contributed by atoms with Gasteiger partial charge in [-0.1, -0.05) is 6.07 Å². The Balaban J connectivity index is 3.13. The molecule has 1 rings (SSSR count). The second-order valence-electron chi connectivity index (χ2n) is 4.18. The van der Waals surface area contributed by atoms with Crippen molar-refractivity contribution in [3.63, 3.8) is 0 Å². The molecule has 0 bridgehead atoms. The summed E-state index contributed by atoms with van der Waals surface area (Å²) in [4.78, 5) is 9.97. The molecule has 0 radical (unpaired) electrons. The molecule has 0 aliphatic carbocycles. The molecule has 0 aliphatic heterocycles. The van der Waals surface area contributed by atoms with Crippen LogP contribution in [0.4, 0.5) is 5.69 Å². The topological polar surface area (TPSA) is 98.5 Å². The minimum Gasteiger partial charge on any atom is -0.383 e. The summed E-state index contributed by atoms with van der Waals surface area (Å²) in [6.07, 6.45) is 0. The number of hydrogen-bond donors (Lipinski definition) is 1. The molecule has 0 unspecified atom stereocenters. The van der Waals surface area contributed by atoms with E-state index in [0.717, 1.165) is 6.07 Å². The van der Waals surface area contributed by atoms with Gasteiger partial charge < -0.3 is 4.74 Å². The van der Waals surface area contributed by atoms with E-state index < -0.39 is 21.0 Å². The van der Waals surface area contributed by atoms with E-state index in [1.54, 1.807) is 13.8 Å². The smallest absolute Gasteiger partial charge is 0.270 e. The molecule has 0 aromatic heterocycles. The van der Waals surface area contributed by atoms with Crippen molar-refractivity contribution in [1.29, 1.82) is 0 Å². The van der Waals surface area contributed by atoms with Gasteiger partial charge in [-0.25, -0.2) is 13.1 Å². The minimum atomic E-state index is -3.80. The van der Waals surface area contributed by atoms with Crippen LogP contribution in [0, 0.1) is 17.0 Å². The lowest BCUT2D eigenvalue weighted by molar-refractivity contribution is -0.385. The number of nitrogens with one attached hydrogen (secondary N) is 1. The predicted octanol–water partition coefficient (Wildman–Crippen LogP) is 1.22. The number of nitrogens with zero attached hydrogens (tertiary/aromatic N) is 1. The normalized spacial score (nSPS) is 13.2. The first-order chi connectivity index (χ1) is 8.77. The number of aryl methyl sites for hydroxylation is 1. The molecule has 106 valence electrons.